The van der Waals surface area contributed by atoms with Crippen molar-refractivity contribution in [3.63, 3.8) is 0 Å². The summed E-state index contributed by atoms with van der Waals surface area (Å²) in [6.07, 6.45) is 0.935. The van der Waals surface area contributed by atoms with Crippen molar-refractivity contribution in [1.82, 2.24) is 9.97 Å². The zero-order chi connectivity index (χ0) is 16.6. The molecule has 4 N–H and O–H groups in total. The van der Waals surface area contributed by atoms with Crippen molar-refractivity contribution in [2.75, 3.05) is 18.4 Å². The fourth-order valence-corrected chi connectivity index (χ4v) is 4.77. The van der Waals surface area contributed by atoms with Gasteiger partial charge in [0.1, 0.15) is 5.82 Å². The molecule has 1 aliphatic rings. The van der Waals surface area contributed by atoms with Crippen LogP contribution in [0.1, 0.15) is 38.1 Å². The summed E-state index contributed by atoms with van der Waals surface area (Å²) in [6.45, 7) is 10.9. The smallest absolute Gasteiger partial charge is 0.190 e. The number of fused-ring (bicyclic) bond motifs is 3. The lowest BCUT2D eigenvalue weighted by Crippen LogP contribution is -2.53. The maximum atomic E-state index is 6.01. The van der Waals surface area contributed by atoms with Gasteiger partial charge >= 0.3 is 0 Å². The number of nitrogens with zero attached hydrogens (tertiary/aromatic N) is 2. The van der Waals surface area contributed by atoms with Crippen LogP contribution in [0.4, 0.5) is 5.82 Å². The number of hydrogen-bond acceptors (Lipinski definition) is 6. The van der Waals surface area contributed by atoms with Crippen molar-refractivity contribution >= 4 is 39.1 Å². The third kappa shape index (κ3) is 3.63. The highest BCUT2D eigenvalue weighted by molar-refractivity contribution is 7.99. The van der Waals surface area contributed by atoms with Crippen LogP contribution < -0.4 is 11.1 Å². The summed E-state index contributed by atoms with van der Waals surface area (Å²) in [5.41, 5.74) is 6.11. The molecule has 0 saturated carbocycles. The van der Waals surface area contributed by atoms with E-state index in [-0.39, 0.29) is 5.60 Å². The zero-order valence-electron chi connectivity index (χ0n) is 14.2. The van der Waals surface area contributed by atoms with Gasteiger partial charge in [0.2, 0.25) is 0 Å². The molecule has 0 fully saturated rings. The van der Waals surface area contributed by atoms with Gasteiger partial charge in [0.25, 0.3) is 0 Å². The van der Waals surface area contributed by atoms with Crippen LogP contribution >= 0.6 is 23.1 Å². The molecule has 3 rings (SSSR count). The number of quaternary nitrogens is 1. The van der Waals surface area contributed by atoms with E-state index in [1.54, 1.807) is 11.8 Å². The van der Waals surface area contributed by atoms with Gasteiger partial charge in [-0.05, 0) is 13.8 Å². The van der Waals surface area contributed by atoms with Crippen LogP contribution in [-0.2, 0) is 17.8 Å². The topological polar surface area (TPSA) is 74.7 Å². The summed E-state index contributed by atoms with van der Waals surface area (Å²) < 4.78 is 7.16. The molecule has 0 aromatic carbocycles. The normalized spacial score (nSPS) is 16.8. The fourth-order valence-electron chi connectivity index (χ4n) is 2.64. The quantitative estimate of drug-likeness (QED) is 0.638. The van der Waals surface area contributed by atoms with E-state index in [0.717, 1.165) is 40.7 Å². The van der Waals surface area contributed by atoms with Crippen molar-refractivity contribution in [3.05, 3.63) is 10.4 Å². The maximum Gasteiger partial charge on any atom is 0.190 e. The van der Waals surface area contributed by atoms with Crippen molar-refractivity contribution < 1.29 is 10.5 Å². The predicted molar refractivity (Wildman–Crippen MR) is 97.2 cm³/mol. The minimum absolute atomic E-state index is 0.0995. The SMILES string of the molecule is CC(C)Sc1nc(NCC[NH3+])c2sc3c(c2n1)COC(C)(C)C3. The van der Waals surface area contributed by atoms with Gasteiger partial charge in [-0.1, -0.05) is 25.6 Å². The summed E-state index contributed by atoms with van der Waals surface area (Å²) in [4.78, 5) is 11.0. The Hall–Kier alpha value is -0.890. The summed E-state index contributed by atoms with van der Waals surface area (Å²) in [6, 6.07) is 0. The average molecular weight is 354 g/mol. The molecule has 23 heavy (non-hydrogen) atoms. The van der Waals surface area contributed by atoms with Gasteiger partial charge in [-0.2, -0.15) is 0 Å². The van der Waals surface area contributed by atoms with Crippen molar-refractivity contribution in [2.24, 2.45) is 0 Å². The molecule has 3 heterocycles. The van der Waals surface area contributed by atoms with E-state index < -0.39 is 0 Å². The molecule has 2 aromatic rings. The molecule has 0 bridgehead atoms. The summed E-state index contributed by atoms with van der Waals surface area (Å²) in [5.74, 6) is 0.944. The summed E-state index contributed by atoms with van der Waals surface area (Å²) in [5, 5.41) is 4.72. The molecule has 2 aromatic heterocycles. The lowest BCUT2D eigenvalue weighted by atomic mass is 9.98. The second-order valence-electron chi connectivity index (χ2n) is 6.71. The number of rotatable bonds is 5. The van der Waals surface area contributed by atoms with Gasteiger partial charge < -0.3 is 15.8 Å². The molecular formula is C16H25N4OS2+. The predicted octanol–water partition coefficient (Wildman–Crippen LogP) is 2.70. The molecule has 126 valence electrons. The molecule has 0 radical (unpaired) electrons. The standard InChI is InChI=1S/C16H24N4OS2/c1-9(2)22-15-19-12-10-8-21-16(3,4)7-11(10)23-13(12)14(20-15)18-6-5-17/h9H,5-8,17H2,1-4H3,(H,18,19,20)/p+1. The fraction of sp³-hybridized carbons (Fsp3) is 0.625. The molecule has 1 aliphatic heterocycles. The molecule has 0 amide bonds. The minimum Gasteiger partial charge on any atom is -0.370 e. The summed E-state index contributed by atoms with van der Waals surface area (Å²) >= 11 is 3.51. The molecule has 7 heteroatoms. The van der Waals surface area contributed by atoms with Crippen LogP contribution in [0.5, 0.6) is 0 Å². The van der Waals surface area contributed by atoms with E-state index >= 15 is 0 Å². The summed E-state index contributed by atoms with van der Waals surface area (Å²) in [7, 11) is 0. The third-order valence-electron chi connectivity index (χ3n) is 3.70. The van der Waals surface area contributed by atoms with E-state index in [1.807, 2.05) is 11.3 Å². The number of nitrogens with one attached hydrogen (secondary N) is 1. The number of aromatic nitrogens is 2. The largest absolute Gasteiger partial charge is 0.370 e. The van der Waals surface area contributed by atoms with Crippen LogP contribution in [0.3, 0.4) is 0 Å². The van der Waals surface area contributed by atoms with Crippen molar-refractivity contribution in [1.29, 1.82) is 0 Å². The first-order valence-corrected chi connectivity index (χ1v) is 9.75. The monoisotopic (exact) mass is 353 g/mol. The Balaban J connectivity index is 2.10. The second kappa shape index (κ2) is 6.55. The Morgan fingerprint density at radius 3 is 2.87 bits per heavy atom. The van der Waals surface area contributed by atoms with Gasteiger partial charge in [0, 0.05) is 22.1 Å². The third-order valence-corrected chi connectivity index (χ3v) is 5.79. The van der Waals surface area contributed by atoms with E-state index in [0.29, 0.717) is 11.9 Å². The lowest BCUT2D eigenvalue weighted by Gasteiger charge is -2.29. The molecule has 0 saturated heterocycles. The van der Waals surface area contributed by atoms with E-state index in [4.69, 9.17) is 14.7 Å². The number of anilines is 1. The van der Waals surface area contributed by atoms with Gasteiger partial charge in [-0.3, -0.25) is 0 Å². The van der Waals surface area contributed by atoms with E-state index in [1.165, 1.54) is 10.4 Å². The lowest BCUT2D eigenvalue weighted by molar-refractivity contribution is -0.362. The number of thiophene rings is 1. The molecule has 0 spiro atoms. The first kappa shape index (κ1) is 17.0. The van der Waals surface area contributed by atoms with Gasteiger partial charge in [0.15, 0.2) is 5.16 Å². The van der Waals surface area contributed by atoms with Crippen LogP contribution in [0, 0.1) is 0 Å². The van der Waals surface area contributed by atoms with Gasteiger partial charge in [-0.15, -0.1) is 11.3 Å². The first-order chi connectivity index (χ1) is 10.9. The van der Waals surface area contributed by atoms with Gasteiger partial charge in [0.05, 0.1) is 35.5 Å². The Labute approximate surface area is 145 Å². The molecule has 0 aliphatic carbocycles. The van der Waals surface area contributed by atoms with E-state index in [2.05, 4.69) is 38.7 Å². The Kier molecular flexibility index (Phi) is 4.83. The van der Waals surface area contributed by atoms with E-state index in [9.17, 15) is 0 Å². The molecule has 5 nitrogen and oxygen atoms in total. The Bertz CT molecular complexity index is 712. The first-order valence-electron chi connectivity index (χ1n) is 8.05. The zero-order valence-corrected chi connectivity index (χ0v) is 15.9. The van der Waals surface area contributed by atoms with Gasteiger partial charge in [-0.25, -0.2) is 9.97 Å². The number of ether oxygens (including phenoxy) is 1. The van der Waals surface area contributed by atoms with Crippen LogP contribution in [0.15, 0.2) is 5.16 Å². The highest BCUT2D eigenvalue weighted by atomic mass is 32.2. The average Bonchev–Trinajstić information content (AvgIpc) is 2.80. The number of hydrogen-bond donors (Lipinski definition) is 2. The molecular weight excluding hydrogens is 328 g/mol. The maximum absolute atomic E-state index is 6.01. The highest BCUT2D eigenvalue weighted by Crippen LogP contribution is 2.41. The Morgan fingerprint density at radius 1 is 1.39 bits per heavy atom. The van der Waals surface area contributed by atoms with Crippen LogP contribution in [-0.4, -0.2) is 33.9 Å². The van der Waals surface area contributed by atoms with Crippen molar-refractivity contribution in [3.8, 4) is 0 Å². The molecule has 0 atom stereocenters. The highest BCUT2D eigenvalue weighted by Gasteiger charge is 2.30. The van der Waals surface area contributed by atoms with Crippen LogP contribution in [0.25, 0.3) is 10.2 Å². The second-order valence-corrected chi connectivity index (χ2v) is 9.36. The minimum atomic E-state index is -0.0995. The number of thioether (sulfide) groups is 1. The Morgan fingerprint density at radius 2 is 2.17 bits per heavy atom. The van der Waals surface area contributed by atoms with Crippen molar-refractivity contribution in [2.45, 2.75) is 56.7 Å². The molecule has 0 unspecified atom stereocenters. The van der Waals surface area contributed by atoms with Crippen LogP contribution in [0.2, 0.25) is 0 Å².